The van der Waals surface area contributed by atoms with Gasteiger partial charge in [0.2, 0.25) is 0 Å². The minimum atomic E-state index is -4.30. The fourth-order valence-corrected chi connectivity index (χ4v) is 1.19. The van der Waals surface area contributed by atoms with Crippen molar-refractivity contribution in [3.63, 3.8) is 0 Å². The molecule has 0 aliphatic rings. The van der Waals surface area contributed by atoms with Crippen molar-refractivity contribution >= 4 is 27.8 Å². The van der Waals surface area contributed by atoms with E-state index in [0.717, 1.165) is 0 Å². The van der Waals surface area contributed by atoms with Gasteiger partial charge in [0.1, 0.15) is 10.1 Å². The summed E-state index contributed by atoms with van der Waals surface area (Å²) in [7, 11) is -4.30. The second-order valence-corrected chi connectivity index (χ2v) is 4.04. The molecule has 0 heterocycles. The molecule has 0 fully saturated rings. The van der Waals surface area contributed by atoms with Crippen LogP contribution in [0.1, 0.15) is 5.56 Å². The van der Waals surface area contributed by atoms with Gasteiger partial charge in [0.25, 0.3) is 0 Å². The van der Waals surface area contributed by atoms with Crippen LogP contribution in [0.2, 0.25) is 5.02 Å². The molecular formula is C8H6ClKO3S. The van der Waals surface area contributed by atoms with Crippen molar-refractivity contribution in [3.05, 3.63) is 40.3 Å². The van der Waals surface area contributed by atoms with Crippen LogP contribution >= 0.6 is 11.6 Å². The van der Waals surface area contributed by atoms with Crippen LogP contribution in [0.4, 0.5) is 0 Å². The predicted molar refractivity (Wildman–Crippen MR) is 50.2 cm³/mol. The summed E-state index contributed by atoms with van der Waals surface area (Å²) in [5, 5.41) is 1.16. The molecule has 0 aliphatic heterocycles. The molecule has 0 saturated carbocycles. The first-order valence-corrected chi connectivity index (χ1v) is 5.22. The van der Waals surface area contributed by atoms with Crippen LogP contribution in [0.15, 0.2) is 29.7 Å². The van der Waals surface area contributed by atoms with E-state index in [9.17, 15) is 13.0 Å². The van der Waals surface area contributed by atoms with E-state index in [1.807, 2.05) is 0 Å². The standard InChI is InChI=1S/C8H7ClO3S.K/c9-8-3-1-7(2-4-8)5-6-13(10,11)12;/h1-6H,(H,10,11,12);/q;+1/p-1/b6-5+;. The number of halogens is 1. The van der Waals surface area contributed by atoms with Crippen LogP contribution in [-0.2, 0) is 10.1 Å². The first kappa shape index (κ1) is 14.8. The monoisotopic (exact) mass is 256 g/mol. The Balaban J connectivity index is 0.00000169. The molecule has 0 saturated heterocycles. The van der Waals surface area contributed by atoms with Crippen LogP contribution in [0.25, 0.3) is 6.08 Å². The van der Waals surface area contributed by atoms with Gasteiger partial charge >= 0.3 is 51.4 Å². The molecular weight excluding hydrogens is 251 g/mol. The number of hydrogen-bond donors (Lipinski definition) is 0. The Labute approximate surface area is 130 Å². The summed E-state index contributed by atoms with van der Waals surface area (Å²) >= 11 is 5.60. The third-order valence-corrected chi connectivity index (χ3v) is 2.02. The summed E-state index contributed by atoms with van der Waals surface area (Å²) in [5.74, 6) is 0. The molecule has 0 unspecified atom stereocenters. The molecule has 14 heavy (non-hydrogen) atoms. The van der Waals surface area contributed by atoms with Crippen LogP contribution in [0, 0.1) is 0 Å². The van der Waals surface area contributed by atoms with Crippen molar-refractivity contribution in [1.29, 1.82) is 0 Å². The predicted octanol–water partition coefficient (Wildman–Crippen LogP) is -1.14. The summed E-state index contributed by atoms with van der Waals surface area (Å²) in [6, 6.07) is 6.45. The first-order chi connectivity index (χ1) is 5.97. The molecule has 3 nitrogen and oxygen atoms in total. The summed E-state index contributed by atoms with van der Waals surface area (Å²) in [6.07, 6.45) is 1.22. The number of hydrogen-bond acceptors (Lipinski definition) is 3. The van der Waals surface area contributed by atoms with Crippen molar-refractivity contribution in [2.24, 2.45) is 0 Å². The SMILES string of the molecule is O=S(=O)([O-])/C=C/c1ccc(Cl)cc1.[K+]. The molecule has 1 aromatic rings. The molecule has 0 aliphatic carbocycles. The number of benzene rings is 1. The Morgan fingerprint density at radius 1 is 1.21 bits per heavy atom. The zero-order valence-corrected chi connectivity index (χ0v) is 12.2. The Morgan fingerprint density at radius 3 is 2.14 bits per heavy atom. The van der Waals surface area contributed by atoms with Gasteiger partial charge in [-0.3, -0.25) is 0 Å². The van der Waals surface area contributed by atoms with Crippen LogP contribution < -0.4 is 51.4 Å². The average molecular weight is 257 g/mol. The average Bonchev–Trinajstić information content (AvgIpc) is 2.02. The Bertz CT molecular complexity index is 411. The molecule has 0 aromatic heterocycles. The molecule has 70 valence electrons. The van der Waals surface area contributed by atoms with E-state index in [0.29, 0.717) is 16.0 Å². The second kappa shape index (κ2) is 6.39. The van der Waals surface area contributed by atoms with Crippen molar-refractivity contribution in [3.8, 4) is 0 Å². The molecule has 0 amide bonds. The van der Waals surface area contributed by atoms with E-state index < -0.39 is 10.1 Å². The van der Waals surface area contributed by atoms with Gasteiger partial charge in [-0.1, -0.05) is 23.7 Å². The first-order valence-electron chi connectivity index (χ1n) is 3.37. The van der Waals surface area contributed by atoms with Gasteiger partial charge < -0.3 is 4.55 Å². The minimum absolute atomic E-state index is 0. The molecule has 6 heteroatoms. The Kier molecular flexibility index (Phi) is 6.76. The molecule has 0 N–H and O–H groups in total. The van der Waals surface area contributed by atoms with Gasteiger partial charge in [0.05, 0.1) is 0 Å². The van der Waals surface area contributed by atoms with E-state index in [2.05, 4.69) is 0 Å². The topological polar surface area (TPSA) is 57.2 Å². The summed E-state index contributed by atoms with van der Waals surface area (Å²) < 4.78 is 30.6. The second-order valence-electron chi connectivity index (χ2n) is 2.35. The van der Waals surface area contributed by atoms with Gasteiger partial charge in [0.15, 0.2) is 0 Å². The van der Waals surface area contributed by atoms with Gasteiger partial charge in [-0.05, 0) is 23.8 Å². The molecule has 0 atom stereocenters. The maximum absolute atomic E-state index is 10.2. The van der Waals surface area contributed by atoms with Gasteiger partial charge in [-0.15, -0.1) is 0 Å². The van der Waals surface area contributed by atoms with Gasteiger partial charge in [0, 0.05) is 10.4 Å². The quantitative estimate of drug-likeness (QED) is 0.497. The zero-order valence-electron chi connectivity index (χ0n) is 7.48. The summed E-state index contributed by atoms with van der Waals surface area (Å²) in [6.45, 7) is 0. The largest absolute Gasteiger partial charge is 1.00 e. The molecule has 0 radical (unpaired) electrons. The third kappa shape index (κ3) is 6.31. The Morgan fingerprint density at radius 2 is 1.71 bits per heavy atom. The maximum atomic E-state index is 10.2. The summed E-state index contributed by atoms with van der Waals surface area (Å²) in [5.41, 5.74) is 0.615. The van der Waals surface area contributed by atoms with Crippen molar-refractivity contribution < 1.29 is 64.4 Å². The van der Waals surface area contributed by atoms with Crippen LogP contribution in [0.5, 0.6) is 0 Å². The zero-order chi connectivity index (χ0) is 9.90. The van der Waals surface area contributed by atoms with Crippen molar-refractivity contribution in [2.75, 3.05) is 0 Å². The van der Waals surface area contributed by atoms with E-state index in [1.54, 1.807) is 24.3 Å². The van der Waals surface area contributed by atoms with E-state index in [4.69, 9.17) is 11.6 Å². The van der Waals surface area contributed by atoms with Gasteiger partial charge in [-0.2, -0.15) is 0 Å². The van der Waals surface area contributed by atoms with Crippen LogP contribution in [-0.4, -0.2) is 13.0 Å². The smallest absolute Gasteiger partial charge is 0.744 e. The summed E-state index contributed by atoms with van der Waals surface area (Å²) in [4.78, 5) is 0. The molecule has 1 rings (SSSR count). The van der Waals surface area contributed by atoms with E-state index in [-0.39, 0.29) is 51.4 Å². The fourth-order valence-electron chi connectivity index (χ4n) is 0.736. The molecule has 0 bridgehead atoms. The minimum Gasteiger partial charge on any atom is -0.744 e. The van der Waals surface area contributed by atoms with E-state index >= 15 is 0 Å². The maximum Gasteiger partial charge on any atom is 1.00 e. The van der Waals surface area contributed by atoms with Crippen molar-refractivity contribution in [2.45, 2.75) is 0 Å². The van der Waals surface area contributed by atoms with Crippen molar-refractivity contribution in [1.82, 2.24) is 0 Å². The van der Waals surface area contributed by atoms with Gasteiger partial charge in [-0.25, -0.2) is 8.42 Å². The Hall–Kier alpha value is 0.796. The normalized spacial score (nSPS) is 11.3. The molecule has 1 aromatic carbocycles. The number of rotatable bonds is 2. The van der Waals surface area contributed by atoms with Crippen LogP contribution in [0.3, 0.4) is 0 Å². The molecule has 0 spiro atoms. The third-order valence-electron chi connectivity index (χ3n) is 1.30. The fraction of sp³-hybridized carbons (Fsp3) is 0. The van der Waals surface area contributed by atoms with E-state index in [1.165, 1.54) is 6.08 Å².